The smallest absolute Gasteiger partial charge is 0.337 e. The van der Waals surface area contributed by atoms with Crippen molar-refractivity contribution in [2.75, 3.05) is 23.9 Å². The van der Waals surface area contributed by atoms with Crippen molar-refractivity contribution >= 4 is 40.8 Å². The predicted octanol–water partition coefficient (Wildman–Crippen LogP) is 3.43. The molecule has 26 heavy (non-hydrogen) atoms. The molecular formula is C19H19ClN2O4. The Morgan fingerprint density at radius 3 is 2.31 bits per heavy atom. The van der Waals surface area contributed by atoms with E-state index in [4.69, 9.17) is 11.6 Å². The number of carbonyl (C=O) groups is 3. The normalized spacial score (nSPS) is 10.2. The van der Waals surface area contributed by atoms with E-state index in [1.165, 1.54) is 18.9 Å². The Morgan fingerprint density at radius 1 is 1.12 bits per heavy atom. The molecule has 1 N–H and O–H groups in total. The van der Waals surface area contributed by atoms with Gasteiger partial charge in [0, 0.05) is 23.3 Å². The van der Waals surface area contributed by atoms with Crippen LogP contribution in [0.3, 0.4) is 0 Å². The fourth-order valence-corrected chi connectivity index (χ4v) is 2.67. The molecule has 0 atom stereocenters. The van der Waals surface area contributed by atoms with E-state index in [0.717, 1.165) is 5.56 Å². The number of hydrogen-bond acceptors (Lipinski definition) is 4. The Bertz CT molecular complexity index is 834. The third-order valence-corrected chi connectivity index (χ3v) is 3.96. The summed E-state index contributed by atoms with van der Waals surface area (Å²) in [6.45, 7) is 3.07. The quantitative estimate of drug-likeness (QED) is 0.813. The number of methoxy groups -OCH3 is 1. The van der Waals surface area contributed by atoms with Gasteiger partial charge in [-0.25, -0.2) is 4.79 Å². The number of anilines is 2. The Morgan fingerprint density at radius 2 is 1.77 bits per heavy atom. The molecule has 0 saturated heterocycles. The van der Waals surface area contributed by atoms with E-state index in [2.05, 4.69) is 10.1 Å². The van der Waals surface area contributed by atoms with E-state index >= 15 is 0 Å². The molecule has 7 heteroatoms. The number of rotatable bonds is 5. The molecular weight excluding hydrogens is 356 g/mol. The number of nitrogens with zero attached hydrogens (tertiary/aromatic N) is 1. The fourth-order valence-electron chi connectivity index (χ4n) is 2.44. The maximum Gasteiger partial charge on any atom is 0.337 e. The Kier molecular flexibility index (Phi) is 6.36. The minimum Gasteiger partial charge on any atom is -0.465 e. The summed E-state index contributed by atoms with van der Waals surface area (Å²) in [7, 11) is 1.30. The zero-order valence-corrected chi connectivity index (χ0v) is 15.5. The summed E-state index contributed by atoms with van der Waals surface area (Å²) >= 11 is 5.94. The van der Waals surface area contributed by atoms with Gasteiger partial charge in [0.25, 0.3) is 0 Å². The molecule has 0 bridgehead atoms. The zero-order chi connectivity index (χ0) is 19.3. The SMILES string of the molecule is COC(=O)c1ccc(NC(=O)CN(C(C)=O)c2ccc(Cl)cc2C)cc1. The number of amides is 2. The number of carbonyl (C=O) groups excluding carboxylic acids is 3. The van der Waals surface area contributed by atoms with Crippen LogP contribution < -0.4 is 10.2 Å². The number of halogens is 1. The molecule has 0 aliphatic carbocycles. The Labute approximate surface area is 156 Å². The first-order valence-electron chi connectivity index (χ1n) is 7.84. The van der Waals surface area contributed by atoms with Crippen LogP contribution in [0.1, 0.15) is 22.8 Å². The predicted molar refractivity (Wildman–Crippen MR) is 101 cm³/mol. The molecule has 0 fully saturated rings. The van der Waals surface area contributed by atoms with Crippen LogP contribution in [0.4, 0.5) is 11.4 Å². The molecule has 0 aliphatic rings. The van der Waals surface area contributed by atoms with Crippen molar-refractivity contribution in [3.63, 3.8) is 0 Å². The summed E-state index contributed by atoms with van der Waals surface area (Å²) in [6, 6.07) is 11.4. The van der Waals surface area contributed by atoms with Gasteiger partial charge in [0.1, 0.15) is 6.54 Å². The van der Waals surface area contributed by atoms with Crippen LogP contribution in [0.15, 0.2) is 42.5 Å². The van der Waals surface area contributed by atoms with Crippen LogP contribution in [-0.2, 0) is 14.3 Å². The second kappa shape index (κ2) is 8.49. The van der Waals surface area contributed by atoms with E-state index in [1.807, 2.05) is 6.92 Å². The summed E-state index contributed by atoms with van der Waals surface area (Å²) in [5.41, 5.74) is 2.31. The lowest BCUT2D eigenvalue weighted by Crippen LogP contribution is -2.37. The minimum atomic E-state index is -0.455. The molecule has 0 heterocycles. The molecule has 0 unspecified atom stereocenters. The van der Waals surface area contributed by atoms with Gasteiger partial charge in [-0.15, -0.1) is 0 Å². The van der Waals surface area contributed by atoms with Crippen molar-refractivity contribution in [3.8, 4) is 0 Å². The van der Waals surface area contributed by atoms with Crippen LogP contribution in [-0.4, -0.2) is 31.4 Å². The topological polar surface area (TPSA) is 75.7 Å². The molecule has 2 rings (SSSR count). The molecule has 2 amide bonds. The van der Waals surface area contributed by atoms with Crippen molar-refractivity contribution < 1.29 is 19.1 Å². The van der Waals surface area contributed by atoms with E-state index in [9.17, 15) is 14.4 Å². The van der Waals surface area contributed by atoms with Gasteiger partial charge in [0.05, 0.1) is 12.7 Å². The second-order valence-corrected chi connectivity index (χ2v) is 6.09. The highest BCUT2D eigenvalue weighted by Gasteiger charge is 2.18. The number of benzene rings is 2. The van der Waals surface area contributed by atoms with Crippen LogP contribution in [0, 0.1) is 6.92 Å². The summed E-state index contributed by atoms with van der Waals surface area (Å²) < 4.78 is 4.62. The van der Waals surface area contributed by atoms with Gasteiger partial charge in [-0.05, 0) is 55.0 Å². The third-order valence-electron chi connectivity index (χ3n) is 3.72. The third kappa shape index (κ3) is 4.83. The number of nitrogens with one attached hydrogen (secondary N) is 1. The largest absolute Gasteiger partial charge is 0.465 e. The highest BCUT2D eigenvalue weighted by atomic mass is 35.5. The zero-order valence-electron chi connectivity index (χ0n) is 14.7. The minimum absolute atomic E-state index is 0.142. The molecule has 6 nitrogen and oxygen atoms in total. The van der Waals surface area contributed by atoms with Crippen LogP contribution in [0.2, 0.25) is 5.02 Å². The van der Waals surface area contributed by atoms with E-state index in [0.29, 0.717) is 22.0 Å². The van der Waals surface area contributed by atoms with Crippen molar-refractivity contribution in [1.29, 1.82) is 0 Å². The van der Waals surface area contributed by atoms with Gasteiger partial charge >= 0.3 is 5.97 Å². The fraction of sp³-hybridized carbons (Fsp3) is 0.211. The summed E-state index contributed by atoms with van der Waals surface area (Å²) in [5, 5.41) is 3.26. The maximum absolute atomic E-state index is 12.3. The molecule has 0 saturated carbocycles. The molecule has 136 valence electrons. The summed E-state index contributed by atoms with van der Waals surface area (Å²) in [4.78, 5) is 37.1. The molecule has 2 aromatic carbocycles. The van der Waals surface area contributed by atoms with Crippen molar-refractivity contribution in [3.05, 3.63) is 58.6 Å². The lowest BCUT2D eigenvalue weighted by molar-refractivity contribution is -0.120. The van der Waals surface area contributed by atoms with Gasteiger partial charge in [0.2, 0.25) is 11.8 Å². The molecule has 0 spiro atoms. The van der Waals surface area contributed by atoms with E-state index < -0.39 is 5.97 Å². The first-order chi connectivity index (χ1) is 12.3. The number of aryl methyl sites for hydroxylation is 1. The Balaban J connectivity index is 2.10. The highest BCUT2D eigenvalue weighted by molar-refractivity contribution is 6.30. The van der Waals surface area contributed by atoms with E-state index in [1.54, 1.807) is 42.5 Å². The van der Waals surface area contributed by atoms with Gasteiger partial charge in [-0.2, -0.15) is 0 Å². The number of esters is 1. The number of ether oxygens (including phenoxy) is 1. The van der Waals surface area contributed by atoms with Crippen molar-refractivity contribution in [2.45, 2.75) is 13.8 Å². The maximum atomic E-state index is 12.3. The van der Waals surface area contributed by atoms with Crippen molar-refractivity contribution in [2.24, 2.45) is 0 Å². The lowest BCUT2D eigenvalue weighted by atomic mass is 10.1. The van der Waals surface area contributed by atoms with Gasteiger partial charge in [-0.1, -0.05) is 11.6 Å². The molecule has 2 aromatic rings. The second-order valence-electron chi connectivity index (χ2n) is 5.65. The van der Waals surface area contributed by atoms with Crippen molar-refractivity contribution in [1.82, 2.24) is 0 Å². The number of hydrogen-bond donors (Lipinski definition) is 1. The molecule has 0 radical (unpaired) electrons. The average molecular weight is 375 g/mol. The van der Waals surface area contributed by atoms with Gasteiger partial charge in [-0.3, -0.25) is 9.59 Å². The highest BCUT2D eigenvalue weighted by Crippen LogP contribution is 2.24. The van der Waals surface area contributed by atoms with Crippen LogP contribution >= 0.6 is 11.6 Å². The lowest BCUT2D eigenvalue weighted by Gasteiger charge is -2.22. The standard InChI is InChI=1S/C19H19ClN2O4/c1-12-10-15(20)6-9-17(12)22(13(2)23)11-18(24)21-16-7-4-14(5-8-16)19(25)26-3/h4-10H,11H2,1-3H3,(H,21,24). The van der Waals surface area contributed by atoms with Gasteiger partial charge in [0.15, 0.2) is 0 Å². The first kappa shape index (κ1) is 19.5. The monoisotopic (exact) mass is 374 g/mol. The van der Waals surface area contributed by atoms with Gasteiger partial charge < -0.3 is 15.0 Å². The average Bonchev–Trinajstić information content (AvgIpc) is 2.60. The molecule has 0 aromatic heterocycles. The molecule has 0 aliphatic heterocycles. The van der Waals surface area contributed by atoms with E-state index in [-0.39, 0.29) is 18.4 Å². The summed E-state index contributed by atoms with van der Waals surface area (Å²) in [6.07, 6.45) is 0. The van der Waals surface area contributed by atoms with Crippen LogP contribution in [0.25, 0.3) is 0 Å². The Hall–Kier alpha value is -2.86. The first-order valence-corrected chi connectivity index (χ1v) is 8.22. The van der Waals surface area contributed by atoms with Crippen LogP contribution in [0.5, 0.6) is 0 Å². The summed E-state index contributed by atoms with van der Waals surface area (Å²) in [5.74, 6) is -1.07.